The largest absolute Gasteiger partial charge is 0.475 e. The lowest BCUT2D eigenvalue weighted by atomic mass is 9.84. The van der Waals surface area contributed by atoms with Gasteiger partial charge in [0.05, 0.1) is 46.2 Å². The number of phosphoric ester groups is 3. The van der Waals surface area contributed by atoms with Crippen molar-refractivity contribution in [1.29, 1.82) is 0 Å². The summed E-state index contributed by atoms with van der Waals surface area (Å²) in [4.78, 5) is 44.3. The number of halogens is 3. The number of benzene rings is 10. The van der Waals surface area contributed by atoms with Crippen molar-refractivity contribution in [1.82, 2.24) is 0 Å². The van der Waals surface area contributed by atoms with Crippen LogP contribution in [0.4, 0.5) is 0 Å². The van der Waals surface area contributed by atoms with Gasteiger partial charge in [-0.25, -0.2) is 13.7 Å². The number of carbonyl (C=O) groups excluding carboxylic acids is 3. The maximum atomic E-state index is 17.5. The maximum Gasteiger partial charge on any atom is 0.475 e. The number of ether oxygens (including phenoxy) is 5. The number of rotatable bonds is 30. The first-order valence-corrected chi connectivity index (χ1v) is 43.6. The Bertz CT molecular complexity index is 5040. The average molecular weight is 1650 g/mol. The SMILES string of the molecule is CC1(C)OC[C@H](COP(=O)(OCC2c3ccccc3-c3ccccc32)O[C@H]2[C@H](OC(=O)CCl)[C@@H](OC(=O)CCl)[C@H](OP(=O)(OCC3c4ccccc4-c4ccccc43)OCC3c4ccccc4-c4ccccc43)[C@@H](OP(=O)(OCC3c4ccccc4-c4ccccc43)OCC3c4ccccc4-c4ccccc43)[C@H]2OC(=O)CCl)O1. The molecule has 10 aromatic rings. The molecule has 20 nitrogen and oxygen atoms in total. The van der Waals surface area contributed by atoms with Crippen LogP contribution in [0.1, 0.15) is 99.1 Å². The fourth-order valence-corrected chi connectivity index (χ4v) is 21.6. The Morgan fingerprint density at radius 2 is 0.491 bits per heavy atom. The molecular weight excluding hydrogens is 1580 g/mol. The molecule has 8 atom stereocenters. The van der Waals surface area contributed by atoms with Crippen LogP contribution in [0.25, 0.3) is 55.6 Å². The summed E-state index contributed by atoms with van der Waals surface area (Å²) >= 11 is 19.5. The van der Waals surface area contributed by atoms with Gasteiger partial charge in [-0.15, -0.1) is 34.8 Å². The molecule has 586 valence electrons. The Hall–Kier alpha value is -8.27. The first-order valence-electron chi connectivity index (χ1n) is 37.6. The Morgan fingerprint density at radius 3 is 0.684 bits per heavy atom. The predicted octanol–water partition coefficient (Wildman–Crippen LogP) is 19.2. The third-order valence-corrected chi connectivity index (χ3v) is 27.1. The zero-order chi connectivity index (χ0) is 78.5. The van der Waals surface area contributed by atoms with Crippen molar-refractivity contribution in [2.45, 2.75) is 92.0 Å². The number of esters is 3. The van der Waals surface area contributed by atoms with E-state index in [4.69, 9.17) is 99.2 Å². The molecule has 1 unspecified atom stereocenters. The molecule has 0 aromatic heterocycles. The van der Waals surface area contributed by atoms with E-state index in [-0.39, 0.29) is 6.61 Å². The summed E-state index contributed by atoms with van der Waals surface area (Å²) in [6, 6.07) is 76.6. The number of carbonyl (C=O) groups is 3. The van der Waals surface area contributed by atoms with E-state index >= 15 is 13.7 Å². The van der Waals surface area contributed by atoms with Gasteiger partial charge in [0, 0.05) is 29.6 Å². The fourth-order valence-electron chi connectivity index (χ4n) is 17.2. The van der Waals surface area contributed by atoms with Crippen LogP contribution in [-0.4, -0.2) is 130 Å². The monoisotopic (exact) mass is 1650 g/mol. The minimum atomic E-state index is -5.56. The quantitative estimate of drug-likeness (QED) is 0.0176. The van der Waals surface area contributed by atoms with E-state index in [0.717, 1.165) is 111 Å². The standard InChI is InChI=1S/C88H78Cl3O20P3/c1-88(2)98-46-53(108-88)47-99-112(95,100-48-74-64-33-13-3-23-54(64)55-24-4-14-34-65(55)74)109-85-82(105-79(92)43-89)83(106-80(93)44-90)86(110-113(96,101-49-75-66-35-15-5-25-56(66)57-26-6-16-36-67(57)75)102-50-76-68-37-17-7-27-58(68)59-28-8-18-38-69(59)76)87(84(85)107-81(94)45-91)111-114(97,103-51-77-70-39-19-9-29-60(70)61-30-10-20-40-71(61)77)104-52-78-72-41-21-11-31-62(72)63-32-12-22-42-73(63)78/h3-42,53,74-78,82-87H,43-52H2,1-2H3/t53-,82-,83-,84+,85+,86+,87+,112?/m1/s1. The van der Waals surface area contributed by atoms with Crippen LogP contribution in [-0.2, 0) is 92.5 Å². The molecule has 0 bridgehead atoms. The molecule has 1 heterocycles. The highest BCUT2D eigenvalue weighted by Crippen LogP contribution is 2.64. The third-order valence-electron chi connectivity index (χ3n) is 22.1. The van der Waals surface area contributed by atoms with Crippen LogP contribution in [0.2, 0.25) is 0 Å². The van der Waals surface area contributed by atoms with E-state index < -0.39 is 177 Å². The summed E-state index contributed by atoms with van der Waals surface area (Å²) in [5.41, 5.74) is 16.8. The topological polar surface area (TPSA) is 232 Å². The third kappa shape index (κ3) is 15.5. The normalized spacial score (nSPS) is 20.9. The van der Waals surface area contributed by atoms with Crippen molar-refractivity contribution in [3.05, 3.63) is 298 Å². The molecule has 26 heteroatoms. The van der Waals surface area contributed by atoms with Crippen LogP contribution in [0.5, 0.6) is 0 Å². The Morgan fingerprint density at radius 1 is 0.307 bits per heavy atom. The number of fused-ring (bicyclic) bond motifs is 15. The Balaban J connectivity index is 0.844. The lowest BCUT2D eigenvalue weighted by Gasteiger charge is -2.48. The van der Waals surface area contributed by atoms with Crippen molar-refractivity contribution >= 4 is 76.2 Å². The van der Waals surface area contributed by atoms with Crippen LogP contribution in [0, 0.1) is 0 Å². The van der Waals surface area contributed by atoms with E-state index in [1.54, 1.807) is 13.8 Å². The number of hydrogen-bond donors (Lipinski definition) is 0. The van der Waals surface area contributed by atoms with Gasteiger partial charge in [0.1, 0.15) is 42.1 Å². The van der Waals surface area contributed by atoms with E-state index in [1.165, 1.54) is 0 Å². The van der Waals surface area contributed by atoms with Gasteiger partial charge in [-0.2, -0.15) is 0 Å². The fraction of sp³-hybridized carbons (Fsp3) is 0.284. The van der Waals surface area contributed by atoms with E-state index in [2.05, 4.69) is 0 Å². The molecule has 1 saturated heterocycles. The number of hydrogen-bond acceptors (Lipinski definition) is 20. The van der Waals surface area contributed by atoms with Gasteiger partial charge in [-0.05, 0) is 125 Å². The molecule has 17 rings (SSSR count). The number of phosphoric acid groups is 3. The molecule has 10 aromatic carbocycles. The summed E-state index contributed by atoms with van der Waals surface area (Å²) in [6.45, 7) is 0.614. The van der Waals surface area contributed by atoms with Gasteiger partial charge in [0.25, 0.3) is 0 Å². The van der Waals surface area contributed by atoms with E-state index in [0.29, 0.717) is 0 Å². The molecule has 114 heavy (non-hydrogen) atoms. The average Bonchev–Trinajstić information content (AvgIpc) is 1.19. The Labute approximate surface area is 674 Å². The summed E-state index contributed by atoms with van der Waals surface area (Å²) in [7, 11) is -16.5. The van der Waals surface area contributed by atoms with Crippen LogP contribution < -0.4 is 0 Å². The second-order valence-corrected chi connectivity index (χ2v) is 34.8. The lowest BCUT2D eigenvalue weighted by Crippen LogP contribution is -2.68. The highest BCUT2D eigenvalue weighted by molar-refractivity contribution is 7.49. The van der Waals surface area contributed by atoms with Crippen LogP contribution in [0.3, 0.4) is 0 Å². The van der Waals surface area contributed by atoms with Gasteiger partial charge in [-0.1, -0.05) is 243 Å². The highest BCUT2D eigenvalue weighted by atomic mass is 35.5. The molecule has 7 aliphatic rings. The van der Waals surface area contributed by atoms with Gasteiger partial charge in [0.15, 0.2) is 24.1 Å². The van der Waals surface area contributed by atoms with Gasteiger partial charge in [-0.3, -0.25) is 55.1 Å². The molecule has 2 fully saturated rings. The molecule has 1 aliphatic heterocycles. The van der Waals surface area contributed by atoms with Crippen LogP contribution in [0.15, 0.2) is 243 Å². The molecule has 0 spiro atoms. The first-order chi connectivity index (χ1) is 55.4. The van der Waals surface area contributed by atoms with Crippen molar-refractivity contribution in [2.75, 3.05) is 63.9 Å². The van der Waals surface area contributed by atoms with Crippen molar-refractivity contribution < 1.29 is 92.5 Å². The minimum absolute atomic E-state index is 0.0633. The highest BCUT2D eigenvalue weighted by Gasteiger charge is 2.64. The van der Waals surface area contributed by atoms with Gasteiger partial charge in [0.2, 0.25) is 0 Å². The summed E-state index contributed by atoms with van der Waals surface area (Å²) in [6.07, 6.45) is -15.3. The lowest BCUT2D eigenvalue weighted by molar-refractivity contribution is -0.239. The molecule has 0 amide bonds. The minimum Gasteiger partial charge on any atom is -0.456 e. The van der Waals surface area contributed by atoms with Gasteiger partial charge < -0.3 is 23.7 Å². The number of alkyl halides is 3. The summed E-state index contributed by atoms with van der Waals surface area (Å²) in [5.74, 6) is -10.9. The second kappa shape index (κ2) is 33.0. The molecule has 0 radical (unpaired) electrons. The van der Waals surface area contributed by atoms with Gasteiger partial charge >= 0.3 is 41.4 Å². The summed E-state index contributed by atoms with van der Waals surface area (Å²) < 4.78 is 145. The molecule has 0 N–H and O–H groups in total. The Kier molecular flexibility index (Phi) is 22.7. The zero-order valence-corrected chi connectivity index (χ0v) is 66.7. The van der Waals surface area contributed by atoms with E-state index in [1.807, 2.05) is 243 Å². The zero-order valence-electron chi connectivity index (χ0n) is 61.7. The van der Waals surface area contributed by atoms with Crippen molar-refractivity contribution in [2.24, 2.45) is 0 Å². The predicted molar refractivity (Wildman–Crippen MR) is 428 cm³/mol. The second-order valence-electron chi connectivity index (χ2n) is 29.2. The van der Waals surface area contributed by atoms with Crippen LogP contribution >= 0.6 is 58.3 Å². The smallest absolute Gasteiger partial charge is 0.456 e. The molecule has 1 saturated carbocycles. The van der Waals surface area contributed by atoms with Crippen molar-refractivity contribution in [3.63, 3.8) is 0 Å². The molecule has 6 aliphatic carbocycles. The van der Waals surface area contributed by atoms with E-state index in [9.17, 15) is 14.4 Å². The van der Waals surface area contributed by atoms with Crippen molar-refractivity contribution in [3.8, 4) is 55.6 Å². The first kappa shape index (κ1) is 78.3. The maximum absolute atomic E-state index is 17.5. The molecular formula is C88H78Cl3O20P3. The summed E-state index contributed by atoms with van der Waals surface area (Å²) in [5, 5.41) is 0.